The summed E-state index contributed by atoms with van der Waals surface area (Å²) < 4.78 is 0. The van der Waals surface area contributed by atoms with Gasteiger partial charge in [0.1, 0.15) is 0 Å². The highest BCUT2D eigenvalue weighted by Gasteiger charge is 2.34. The number of hydrogen-bond acceptors (Lipinski definition) is 3. The lowest BCUT2D eigenvalue weighted by atomic mass is 9.84. The van der Waals surface area contributed by atoms with Gasteiger partial charge in [0.05, 0.1) is 5.60 Å². The van der Waals surface area contributed by atoms with E-state index in [2.05, 4.69) is 17.1 Å². The summed E-state index contributed by atoms with van der Waals surface area (Å²) in [6.07, 6.45) is 6.20. The van der Waals surface area contributed by atoms with Crippen molar-refractivity contribution >= 4 is 5.91 Å². The Balaban J connectivity index is 1.66. The molecule has 0 spiro atoms. The summed E-state index contributed by atoms with van der Waals surface area (Å²) in [7, 11) is 0. The molecule has 0 radical (unpaired) electrons. The van der Waals surface area contributed by atoms with Gasteiger partial charge in [0.2, 0.25) is 5.91 Å². The van der Waals surface area contributed by atoms with Crippen LogP contribution in [0.2, 0.25) is 0 Å². The average Bonchev–Trinajstić information content (AvgIpc) is 2.84. The van der Waals surface area contributed by atoms with Crippen molar-refractivity contribution in [3.63, 3.8) is 0 Å². The van der Waals surface area contributed by atoms with Gasteiger partial charge in [-0.15, -0.1) is 0 Å². The molecule has 1 saturated heterocycles. The second kappa shape index (κ2) is 6.23. The zero-order valence-corrected chi connectivity index (χ0v) is 12.3. The first-order valence-electron chi connectivity index (χ1n) is 7.71. The van der Waals surface area contributed by atoms with Crippen LogP contribution >= 0.6 is 0 Å². The van der Waals surface area contributed by atoms with Gasteiger partial charge in [-0.3, -0.25) is 4.79 Å². The molecule has 110 valence electrons. The smallest absolute Gasteiger partial charge is 0.221 e. The minimum Gasteiger partial charge on any atom is -0.390 e. The van der Waals surface area contributed by atoms with Crippen LogP contribution in [0.5, 0.6) is 0 Å². The minimum atomic E-state index is -0.539. The molecule has 4 heteroatoms. The van der Waals surface area contributed by atoms with E-state index in [-0.39, 0.29) is 11.8 Å². The Morgan fingerprint density at radius 1 is 1.42 bits per heavy atom. The molecule has 1 heterocycles. The van der Waals surface area contributed by atoms with Gasteiger partial charge in [-0.25, -0.2) is 0 Å². The van der Waals surface area contributed by atoms with Crippen LogP contribution in [0.3, 0.4) is 0 Å². The van der Waals surface area contributed by atoms with Crippen LogP contribution in [0, 0.1) is 5.92 Å². The number of carbonyl (C=O) groups is 1. The lowest BCUT2D eigenvalue weighted by Gasteiger charge is -2.41. The molecule has 0 unspecified atom stereocenters. The SMILES string of the molecule is C[C@@H]1CN(CCC(=O)NC2CCCC2)CC[C@]1(C)O. The molecule has 0 bridgehead atoms. The molecule has 0 aromatic carbocycles. The van der Waals surface area contributed by atoms with Crippen molar-refractivity contribution in [2.45, 2.75) is 64.0 Å². The monoisotopic (exact) mass is 268 g/mol. The van der Waals surface area contributed by atoms with Crippen LogP contribution in [-0.4, -0.2) is 47.2 Å². The Labute approximate surface area is 116 Å². The lowest BCUT2D eigenvalue weighted by molar-refractivity contribution is -0.122. The molecular weight excluding hydrogens is 240 g/mol. The number of hydrogen-bond donors (Lipinski definition) is 2. The van der Waals surface area contributed by atoms with Crippen LogP contribution in [0.1, 0.15) is 52.4 Å². The predicted octanol–water partition coefficient (Wildman–Crippen LogP) is 1.53. The van der Waals surface area contributed by atoms with Gasteiger partial charge in [0.15, 0.2) is 0 Å². The number of likely N-dealkylation sites (tertiary alicyclic amines) is 1. The van der Waals surface area contributed by atoms with Gasteiger partial charge in [-0.1, -0.05) is 19.8 Å². The van der Waals surface area contributed by atoms with Crippen LogP contribution in [-0.2, 0) is 4.79 Å². The predicted molar refractivity (Wildman–Crippen MR) is 75.9 cm³/mol. The van der Waals surface area contributed by atoms with E-state index in [1.54, 1.807) is 0 Å². The summed E-state index contributed by atoms with van der Waals surface area (Å²) in [5.41, 5.74) is -0.539. The maximum atomic E-state index is 11.9. The fourth-order valence-electron chi connectivity index (χ4n) is 3.14. The van der Waals surface area contributed by atoms with Crippen molar-refractivity contribution in [2.24, 2.45) is 5.92 Å². The van der Waals surface area contributed by atoms with Gasteiger partial charge in [-0.05, 0) is 32.1 Å². The molecule has 4 nitrogen and oxygen atoms in total. The van der Waals surface area contributed by atoms with E-state index < -0.39 is 5.60 Å². The molecular formula is C15H28N2O2. The summed E-state index contributed by atoms with van der Waals surface area (Å²) in [5, 5.41) is 13.3. The van der Waals surface area contributed by atoms with Crippen molar-refractivity contribution in [3.05, 3.63) is 0 Å². The van der Waals surface area contributed by atoms with Crippen molar-refractivity contribution < 1.29 is 9.90 Å². The third kappa shape index (κ3) is 4.18. The van der Waals surface area contributed by atoms with E-state index in [1.165, 1.54) is 12.8 Å². The molecule has 19 heavy (non-hydrogen) atoms. The standard InChI is InChI=1S/C15H28N2O2/c1-12-11-17(10-8-15(12,2)19)9-7-14(18)16-13-5-3-4-6-13/h12-13,19H,3-11H2,1-2H3,(H,16,18)/t12-,15+/m1/s1. The maximum Gasteiger partial charge on any atom is 0.221 e. The highest BCUT2D eigenvalue weighted by atomic mass is 16.3. The van der Waals surface area contributed by atoms with Crippen molar-refractivity contribution in [1.29, 1.82) is 0 Å². The van der Waals surface area contributed by atoms with Crippen molar-refractivity contribution in [3.8, 4) is 0 Å². The van der Waals surface area contributed by atoms with Gasteiger partial charge >= 0.3 is 0 Å². The third-order valence-electron chi connectivity index (χ3n) is 4.90. The van der Waals surface area contributed by atoms with Gasteiger partial charge in [0, 0.05) is 32.1 Å². The molecule has 1 amide bonds. The number of amides is 1. The zero-order chi connectivity index (χ0) is 13.9. The first-order chi connectivity index (χ1) is 8.97. The molecule has 2 atom stereocenters. The van der Waals surface area contributed by atoms with Gasteiger partial charge in [-0.2, -0.15) is 0 Å². The molecule has 2 aliphatic rings. The van der Waals surface area contributed by atoms with Crippen LogP contribution in [0.4, 0.5) is 0 Å². The second-order valence-electron chi connectivity index (χ2n) is 6.61. The second-order valence-corrected chi connectivity index (χ2v) is 6.61. The summed E-state index contributed by atoms with van der Waals surface area (Å²) in [5.74, 6) is 0.469. The van der Waals surface area contributed by atoms with Crippen LogP contribution in [0.25, 0.3) is 0 Å². The topological polar surface area (TPSA) is 52.6 Å². The molecule has 0 aromatic heterocycles. The molecule has 1 aliphatic heterocycles. The van der Waals surface area contributed by atoms with E-state index >= 15 is 0 Å². The largest absolute Gasteiger partial charge is 0.390 e. The Kier molecular flexibility index (Phi) is 4.85. The highest BCUT2D eigenvalue weighted by molar-refractivity contribution is 5.76. The first kappa shape index (κ1) is 14.8. The number of nitrogens with zero attached hydrogens (tertiary/aromatic N) is 1. The first-order valence-corrected chi connectivity index (χ1v) is 7.71. The third-order valence-corrected chi connectivity index (χ3v) is 4.90. The molecule has 2 rings (SSSR count). The number of piperidine rings is 1. The number of carbonyl (C=O) groups excluding carboxylic acids is 1. The zero-order valence-electron chi connectivity index (χ0n) is 12.3. The Bertz CT molecular complexity index is 311. The Morgan fingerprint density at radius 3 is 2.74 bits per heavy atom. The molecule has 1 aliphatic carbocycles. The quantitative estimate of drug-likeness (QED) is 0.813. The van der Waals surface area contributed by atoms with Crippen molar-refractivity contribution in [1.82, 2.24) is 10.2 Å². The number of aliphatic hydroxyl groups is 1. The van der Waals surface area contributed by atoms with E-state index in [4.69, 9.17) is 0 Å². The van der Waals surface area contributed by atoms with E-state index in [1.807, 2.05) is 6.92 Å². The lowest BCUT2D eigenvalue weighted by Crippen LogP contribution is -2.49. The van der Waals surface area contributed by atoms with Crippen molar-refractivity contribution in [2.75, 3.05) is 19.6 Å². The normalized spacial score (nSPS) is 33.5. The summed E-state index contributed by atoms with van der Waals surface area (Å²) in [6, 6.07) is 0.425. The minimum absolute atomic E-state index is 0.192. The van der Waals surface area contributed by atoms with E-state index in [0.29, 0.717) is 12.5 Å². The van der Waals surface area contributed by atoms with Gasteiger partial charge in [0.25, 0.3) is 0 Å². The molecule has 2 N–H and O–H groups in total. The summed E-state index contributed by atoms with van der Waals surface area (Å²) in [6.45, 7) is 6.61. The van der Waals surface area contributed by atoms with Crippen LogP contribution in [0.15, 0.2) is 0 Å². The fourth-order valence-corrected chi connectivity index (χ4v) is 3.14. The summed E-state index contributed by atoms with van der Waals surface area (Å²) in [4.78, 5) is 14.2. The number of nitrogens with one attached hydrogen (secondary N) is 1. The van der Waals surface area contributed by atoms with Gasteiger partial charge < -0.3 is 15.3 Å². The average molecular weight is 268 g/mol. The molecule has 1 saturated carbocycles. The Morgan fingerprint density at radius 2 is 2.11 bits per heavy atom. The molecule has 2 fully saturated rings. The summed E-state index contributed by atoms with van der Waals surface area (Å²) >= 11 is 0. The Hall–Kier alpha value is -0.610. The maximum absolute atomic E-state index is 11.9. The highest BCUT2D eigenvalue weighted by Crippen LogP contribution is 2.27. The van der Waals surface area contributed by atoms with E-state index in [9.17, 15) is 9.90 Å². The van der Waals surface area contributed by atoms with Crippen LogP contribution < -0.4 is 5.32 Å². The molecule has 0 aromatic rings. The number of rotatable bonds is 4. The van der Waals surface area contributed by atoms with E-state index in [0.717, 1.165) is 38.9 Å². The fraction of sp³-hybridized carbons (Fsp3) is 0.933.